The van der Waals surface area contributed by atoms with Gasteiger partial charge in [-0.05, 0) is 32.4 Å². The van der Waals surface area contributed by atoms with E-state index in [1.807, 2.05) is 0 Å². The summed E-state index contributed by atoms with van der Waals surface area (Å²) in [6.07, 6.45) is 7.03. The lowest BCUT2D eigenvalue weighted by Gasteiger charge is -2.16. The summed E-state index contributed by atoms with van der Waals surface area (Å²) >= 11 is 0. The zero-order chi connectivity index (χ0) is 10.6. The van der Waals surface area contributed by atoms with E-state index in [2.05, 4.69) is 12.2 Å². The van der Waals surface area contributed by atoms with Crippen molar-refractivity contribution in [3.05, 3.63) is 0 Å². The molecule has 1 fully saturated rings. The van der Waals surface area contributed by atoms with Crippen molar-refractivity contribution in [3.63, 3.8) is 0 Å². The first-order valence-corrected chi connectivity index (χ1v) is 5.63. The molecule has 1 aliphatic rings. The van der Waals surface area contributed by atoms with Crippen LogP contribution in [0, 0.1) is 0 Å². The summed E-state index contributed by atoms with van der Waals surface area (Å²) in [6.45, 7) is 4.10. The van der Waals surface area contributed by atoms with Crippen LogP contribution >= 0.6 is 0 Å². The molecule has 0 bridgehead atoms. The van der Waals surface area contributed by atoms with Gasteiger partial charge in [-0.15, -0.1) is 0 Å². The lowest BCUT2D eigenvalue weighted by molar-refractivity contribution is -0.107. The van der Waals surface area contributed by atoms with Crippen molar-refractivity contribution in [1.29, 1.82) is 0 Å². The van der Waals surface area contributed by atoms with Crippen LogP contribution in [0.5, 0.6) is 0 Å². The minimum Gasteiger partial charge on any atom is -0.393 e. The number of carbonyl (C=O) groups excluding carboxylic acids is 1. The molecule has 2 N–H and O–H groups in total. The standard InChI is InChI=1S/C6H12O.C5H11NO/c1-2-3-4-5-6-7;7-5-1-3-6-4-2-5/h6H,2-5H2,1H3;5-7H,1-4H2. The summed E-state index contributed by atoms with van der Waals surface area (Å²) in [5, 5.41) is 12.0. The highest BCUT2D eigenvalue weighted by Crippen LogP contribution is 1.99. The maximum atomic E-state index is 9.68. The highest BCUT2D eigenvalue weighted by atomic mass is 16.3. The van der Waals surface area contributed by atoms with Crippen molar-refractivity contribution < 1.29 is 9.90 Å². The van der Waals surface area contributed by atoms with Gasteiger partial charge in [-0.1, -0.05) is 19.8 Å². The normalized spacial score (nSPS) is 17.0. The van der Waals surface area contributed by atoms with Crippen LogP contribution in [0.15, 0.2) is 0 Å². The fraction of sp³-hybridized carbons (Fsp3) is 0.909. The number of aldehydes is 1. The SMILES string of the molecule is CCCCCC=O.OC1CCNCC1. The monoisotopic (exact) mass is 201 g/mol. The van der Waals surface area contributed by atoms with Gasteiger partial charge in [-0.3, -0.25) is 0 Å². The van der Waals surface area contributed by atoms with Crippen molar-refractivity contribution >= 4 is 6.29 Å². The fourth-order valence-electron chi connectivity index (χ4n) is 1.28. The number of carbonyl (C=O) groups is 1. The summed E-state index contributed by atoms with van der Waals surface area (Å²) in [4.78, 5) is 9.68. The molecule has 0 saturated carbocycles. The first-order chi connectivity index (χ1) is 6.81. The van der Waals surface area contributed by atoms with Gasteiger partial charge in [0.1, 0.15) is 6.29 Å². The van der Waals surface area contributed by atoms with E-state index in [9.17, 15) is 4.79 Å². The van der Waals surface area contributed by atoms with Crippen LogP contribution in [-0.4, -0.2) is 30.6 Å². The Kier molecular flexibility index (Phi) is 10.4. The Labute approximate surface area is 86.9 Å². The Morgan fingerprint density at radius 3 is 2.36 bits per heavy atom. The maximum Gasteiger partial charge on any atom is 0.119 e. The first kappa shape index (κ1) is 13.6. The van der Waals surface area contributed by atoms with Crippen LogP contribution in [0.1, 0.15) is 45.4 Å². The second-order valence-corrected chi connectivity index (χ2v) is 3.64. The van der Waals surface area contributed by atoms with E-state index < -0.39 is 0 Å². The number of hydrogen-bond acceptors (Lipinski definition) is 3. The predicted molar refractivity (Wildman–Crippen MR) is 58.3 cm³/mol. The van der Waals surface area contributed by atoms with Crippen molar-refractivity contribution in [1.82, 2.24) is 5.32 Å². The van der Waals surface area contributed by atoms with Crippen molar-refractivity contribution in [2.45, 2.75) is 51.6 Å². The molecule has 3 nitrogen and oxygen atoms in total. The molecular weight excluding hydrogens is 178 g/mol. The van der Waals surface area contributed by atoms with Gasteiger partial charge in [0.25, 0.3) is 0 Å². The molecule has 1 rings (SSSR count). The third-order valence-electron chi connectivity index (χ3n) is 2.23. The summed E-state index contributed by atoms with van der Waals surface area (Å²) in [6, 6.07) is 0. The number of aliphatic hydroxyl groups is 1. The summed E-state index contributed by atoms with van der Waals surface area (Å²) in [5.41, 5.74) is 0. The third-order valence-corrected chi connectivity index (χ3v) is 2.23. The molecule has 1 aliphatic heterocycles. The van der Waals surface area contributed by atoms with E-state index in [0.717, 1.165) is 45.1 Å². The number of aliphatic hydroxyl groups excluding tert-OH is 1. The molecule has 84 valence electrons. The Morgan fingerprint density at radius 2 is 2.00 bits per heavy atom. The van der Waals surface area contributed by atoms with Crippen LogP contribution in [0.3, 0.4) is 0 Å². The van der Waals surface area contributed by atoms with Crippen LogP contribution in [0.2, 0.25) is 0 Å². The van der Waals surface area contributed by atoms with Gasteiger partial charge >= 0.3 is 0 Å². The summed E-state index contributed by atoms with van der Waals surface area (Å²) < 4.78 is 0. The van der Waals surface area contributed by atoms with E-state index in [4.69, 9.17) is 5.11 Å². The molecular formula is C11H23NO2. The highest BCUT2D eigenvalue weighted by Gasteiger charge is 2.06. The molecule has 1 saturated heterocycles. The average molecular weight is 201 g/mol. The van der Waals surface area contributed by atoms with Gasteiger partial charge in [0.2, 0.25) is 0 Å². The zero-order valence-electron chi connectivity index (χ0n) is 9.17. The number of nitrogens with one attached hydrogen (secondary N) is 1. The predicted octanol–water partition coefficient (Wildman–Crippen LogP) is 1.50. The van der Waals surface area contributed by atoms with E-state index >= 15 is 0 Å². The lowest BCUT2D eigenvalue weighted by Crippen LogP contribution is -2.30. The maximum absolute atomic E-state index is 9.68. The van der Waals surface area contributed by atoms with Gasteiger partial charge in [0.15, 0.2) is 0 Å². The Bertz CT molecular complexity index is 122. The van der Waals surface area contributed by atoms with Crippen molar-refractivity contribution in [3.8, 4) is 0 Å². The van der Waals surface area contributed by atoms with E-state index in [0.29, 0.717) is 0 Å². The Hall–Kier alpha value is -0.410. The minimum atomic E-state index is -0.0266. The average Bonchev–Trinajstić information content (AvgIpc) is 2.21. The molecule has 0 amide bonds. The Morgan fingerprint density at radius 1 is 1.36 bits per heavy atom. The van der Waals surface area contributed by atoms with Crippen molar-refractivity contribution in [2.75, 3.05) is 13.1 Å². The molecule has 0 aliphatic carbocycles. The third kappa shape index (κ3) is 9.68. The van der Waals surface area contributed by atoms with Crippen LogP contribution in [0.25, 0.3) is 0 Å². The van der Waals surface area contributed by atoms with Gasteiger partial charge < -0.3 is 15.2 Å². The van der Waals surface area contributed by atoms with Gasteiger partial charge in [0, 0.05) is 6.42 Å². The molecule has 0 spiro atoms. The van der Waals surface area contributed by atoms with Gasteiger partial charge in [-0.2, -0.15) is 0 Å². The lowest BCUT2D eigenvalue weighted by atomic mass is 10.1. The molecule has 1 heterocycles. The van der Waals surface area contributed by atoms with Gasteiger partial charge in [-0.25, -0.2) is 0 Å². The fourth-order valence-corrected chi connectivity index (χ4v) is 1.28. The zero-order valence-corrected chi connectivity index (χ0v) is 9.17. The number of hydrogen-bond donors (Lipinski definition) is 2. The number of unbranched alkanes of at least 4 members (excludes halogenated alkanes) is 3. The molecule has 0 unspecified atom stereocenters. The molecule has 0 aromatic rings. The Balaban J connectivity index is 0.000000241. The highest BCUT2D eigenvalue weighted by molar-refractivity contribution is 5.48. The second kappa shape index (κ2) is 10.7. The first-order valence-electron chi connectivity index (χ1n) is 5.63. The molecule has 14 heavy (non-hydrogen) atoms. The molecule has 0 atom stereocenters. The van der Waals surface area contributed by atoms with Gasteiger partial charge in [0.05, 0.1) is 6.10 Å². The summed E-state index contributed by atoms with van der Waals surface area (Å²) in [7, 11) is 0. The summed E-state index contributed by atoms with van der Waals surface area (Å²) in [5.74, 6) is 0. The van der Waals surface area contributed by atoms with Crippen LogP contribution < -0.4 is 5.32 Å². The quantitative estimate of drug-likeness (QED) is 0.535. The second-order valence-electron chi connectivity index (χ2n) is 3.64. The number of rotatable bonds is 4. The van der Waals surface area contributed by atoms with Crippen molar-refractivity contribution in [2.24, 2.45) is 0 Å². The van der Waals surface area contributed by atoms with Crippen LogP contribution in [-0.2, 0) is 4.79 Å². The number of piperidine rings is 1. The minimum absolute atomic E-state index is 0.0266. The van der Waals surface area contributed by atoms with E-state index in [1.54, 1.807) is 0 Å². The van der Waals surface area contributed by atoms with E-state index in [-0.39, 0.29) is 6.10 Å². The smallest absolute Gasteiger partial charge is 0.119 e. The molecule has 3 heteroatoms. The van der Waals surface area contributed by atoms with E-state index in [1.165, 1.54) is 12.8 Å². The topological polar surface area (TPSA) is 49.3 Å². The van der Waals surface area contributed by atoms with Crippen LogP contribution in [0.4, 0.5) is 0 Å². The molecule has 0 aromatic heterocycles. The largest absolute Gasteiger partial charge is 0.393 e. The molecule has 0 aromatic carbocycles. The molecule has 0 radical (unpaired) electrons.